The van der Waals surface area contributed by atoms with Crippen molar-refractivity contribution in [1.82, 2.24) is 10.2 Å². The SMILES string of the molecule is C[C@H](CNC(=O)C1=NO[C@@]2(CCN(Cc3ccoc3)C2)C1)c1ccccc1. The molecule has 142 valence electrons. The van der Waals surface area contributed by atoms with Gasteiger partial charge in [-0.15, -0.1) is 0 Å². The van der Waals surface area contributed by atoms with Gasteiger partial charge in [-0.3, -0.25) is 9.69 Å². The lowest BCUT2D eigenvalue weighted by atomic mass is 9.96. The van der Waals surface area contributed by atoms with Gasteiger partial charge in [-0.05, 0) is 17.5 Å². The molecule has 4 rings (SSSR count). The second-order valence-corrected chi connectivity index (χ2v) is 7.60. The Labute approximate surface area is 159 Å². The zero-order valence-corrected chi connectivity index (χ0v) is 15.6. The van der Waals surface area contributed by atoms with E-state index in [1.54, 1.807) is 12.5 Å². The lowest BCUT2D eigenvalue weighted by molar-refractivity contribution is -0.115. The van der Waals surface area contributed by atoms with E-state index in [0.717, 1.165) is 31.6 Å². The van der Waals surface area contributed by atoms with E-state index in [4.69, 9.17) is 9.25 Å². The molecule has 6 nitrogen and oxygen atoms in total. The molecule has 3 heterocycles. The van der Waals surface area contributed by atoms with Crippen molar-refractivity contribution in [2.24, 2.45) is 5.16 Å². The zero-order valence-electron chi connectivity index (χ0n) is 15.6. The lowest BCUT2D eigenvalue weighted by Gasteiger charge is -2.21. The van der Waals surface area contributed by atoms with E-state index in [2.05, 4.69) is 34.4 Å². The summed E-state index contributed by atoms with van der Waals surface area (Å²) in [5.41, 5.74) is 2.50. The van der Waals surface area contributed by atoms with Gasteiger partial charge in [0.25, 0.3) is 5.91 Å². The van der Waals surface area contributed by atoms with Crippen molar-refractivity contribution in [3.8, 4) is 0 Å². The van der Waals surface area contributed by atoms with Gasteiger partial charge in [-0.2, -0.15) is 0 Å². The molecule has 2 aliphatic rings. The third-order valence-electron chi connectivity index (χ3n) is 5.42. The maximum Gasteiger partial charge on any atom is 0.269 e. The first-order valence-corrected chi connectivity index (χ1v) is 9.45. The molecule has 0 aliphatic carbocycles. The molecule has 0 radical (unpaired) electrons. The Kier molecular flexibility index (Phi) is 4.99. The second-order valence-electron chi connectivity index (χ2n) is 7.60. The summed E-state index contributed by atoms with van der Waals surface area (Å²) in [5.74, 6) is 0.131. The zero-order chi connectivity index (χ0) is 18.7. The van der Waals surface area contributed by atoms with Gasteiger partial charge >= 0.3 is 0 Å². The molecule has 1 saturated heterocycles. The molecule has 2 aromatic rings. The fourth-order valence-electron chi connectivity index (χ4n) is 3.81. The Morgan fingerprint density at radius 1 is 1.33 bits per heavy atom. The summed E-state index contributed by atoms with van der Waals surface area (Å²) in [7, 11) is 0. The number of likely N-dealkylation sites (tertiary alicyclic amines) is 1. The van der Waals surface area contributed by atoms with E-state index >= 15 is 0 Å². The van der Waals surface area contributed by atoms with Crippen LogP contribution in [0, 0.1) is 0 Å². The van der Waals surface area contributed by atoms with Crippen molar-refractivity contribution in [3.05, 3.63) is 60.1 Å². The molecular formula is C21H25N3O3. The van der Waals surface area contributed by atoms with Gasteiger partial charge in [0.05, 0.1) is 12.5 Å². The van der Waals surface area contributed by atoms with Crippen molar-refractivity contribution in [3.63, 3.8) is 0 Å². The number of hydrogen-bond acceptors (Lipinski definition) is 5. The third-order valence-corrected chi connectivity index (χ3v) is 5.42. The van der Waals surface area contributed by atoms with E-state index in [1.807, 2.05) is 24.3 Å². The first-order chi connectivity index (χ1) is 13.1. The molecule has 0 unspecified atom stereocenters. The Morgan fingerprint density at radius 3 is 2.96 bits per heavy atom. The molecule has 2 aliphatic heterocycles. The smallest absolute Gasteiger partial charge is 0.269 e. The van der Waals surface area contributed by atoms with Crippen LogP contribution < -0.4 is 5.32 Å². The summed E-state index contributed by atoms with van der Waals surface area (Å²) in [5, 5.41) is 7.11. The highest BCUT2D eigenvalue weighted by atomic mass is 16.7. The van der Waals surface area contributed by atoms with E-state index in [1.165, 1.54) is 5.56 Å². The Balaban J connectivity index is 1.27. The van der Waals surface area contributed by atoms with Crippen LogP contribution >= 0.6 is 0 Å². The standard InChI is InChI=1S/C21H25N3O3/c1-16(18-5-3-2-4-6-18)12-22-20(25)19-11-21(27-23-19)8-9-24(15-21)13-17-7-10-26-14-17/h2-7,10,14,16H,8-9,11-13,15H2,1H3,(H,22,25)/t16-,21+/m1/s1. The summed E-state index contributed by atoms with van der Waals surface area (Å²) in [6, 6.07) is 12.2. The van der Waals surface area contributed by atoms with Gasteiger partial charge in [0.15, 0.2) is 5.60 Å². The maximum atomic E-state index is 12.5. The monoisotopic (exact) mass is 367 g/mol. The van der Waals surface area contributed by atoms with Crippen molar-refractivity contribution < 1.29 is 14.0 Å². The van der Waals surface area contributed by atoms with Gasteiger partial charge in [0, 0.05) is 44.6 Å². The highest BCUT2D eigenvalue weighted by Gasteiger charge is 2.46. The summed E-state index contributed by atoms with van der Waals surface area (Å²) < 4.78 is 5.13. The molecule has 1 N–H and O–H groups in total. The molecule has 6 heteroatoms. The largest absolute Gasteiger partial charge is 0.472 e. The molecule has 2 atom stereocenters. The first kappa shape index (κ1) is 17.8. The maximum absolute atomic E-state index is 12.5. The summed E-state index contributed by atoms with van der Waals surface area (Å²) in [6.45, 7) is 5.23. The lowest BCUT2D eigenvalue weighted by Crippen LogP contribution is -2.37. The molecule has 1 fully saturated rings. The molecular weight excluding hydrogens is 342 g/mol. The van der Waals surface area contributed by atoms with Crippen molar-refractivity contribution in [1.29, 1.82) is 0 Å². The minimum atomic E-state index is -0.360. The highest BCUT2D eigenvalue weighted by Crippen LogP contribution is 2.34. The highest BCUT2D eigenvalue weighted by molar-refractivity contribution is 6.39. The van der Waals surface area contributed by atoms with E-state index < -0.39 is 0 Å². The van der Waals surface area contributed by atoms with E-state index in [-0.39, 0.29) is 17.4 Å². The minimum absolute atomic E-state index is 0.122. The molecule has 1 aromatic carbocycles. The molecule has 1 spiro atoms. The van der Waals surface area contributed by atoms with E-state index in [0.29, 0.717) is 18.7 Å². The number of nitrogens with one attached hydrogen (secondary N) is 1. The molecule has 0 bridgehead atoms. The quantitative estimate of drug-likeness (QED) is 0.852. The van der Waals surface area contributed by atoms with Gasteiger partial charge < -0.3 is 14.6 Å². The van der Waals surface area contributed by atoms with Crippen LogP contribution in [0.1, 0.15) is 36.8 Å². The van der Waals surface area contributed by atoms with Gasteiger partial charge in [0.1, 0.15) is 5.71 Å². The van der Waals surface area contributed by atoms with Crippen LogP contribution in [0.25, 0.3) is 0 Å². The molecule has 1 aromatic heterocycles. The molecule has 27 heavy (non-hydrogen) atoms. The number of oxime groups is 1. The van der Waals surface area contributed by atoms with Crippen LogP contribution in [0.3, 0.4) is 0 Å². The van der Waals surface area contributed by atoms with Crippen LogP contribution in [0.4, 0.5) is 0 Å². The number of furan rings is 1. The van der Waals surface area contributed by atoms with Gasteiger partial charge in [0.2, 0.25) is 0 Å². The molecule has 1 amide bonds. The average molecular weight is 367 g/mol. The number of carbonyl (C=O) groups is 1. The van der Waals surface area contributed by atoms with Crippen molar-refractivity contribution in [2.75, 3.05) is 19.6 Å². The number of hydrogen-bond donors (Lipinski definition) is 1. The van der Waals surface area contributed by atoms with Crippen LogP contribution in [0.5, 0.6) is 0 Å². The summed E-state index contributed by atoms with van der Waals surface area (Å²) in [6.07, 6.45) is 4.91. The Bertz CT molecular complexity index is 803. The summed E-state index contributed by atoms with van der Waals surface area (Å²) >= 11 is 0. The predicted octanol–water partition coefficient (Wildman–Crippen LogP) is 2.92. The molecule has 0 saturated carbocycles. The first-order valence-electron chi connectivity index (χ1n) is 9.45. The Morgan fingerprint density at radius 2 is 2.19 bits per heavy atom. The average Bonchev–Trinajstić information content (AvgIpc) is 3.43. The number of rotatable bonds is 6. The summed E-state index contributed by atoms with van der Waals surface area (Å²) in [4.78, 5) is 20.6. The predicted molar refractivity (Wildman–Crippen MR) is 102 cm³/mol. The van der Waals surface area contributed by atoms with Crippen LogP contribution in [-0.2, 0) is 16.2 Å². The fraction of sp³-hybridized carbons (Fsp3) is 0.429. The van der Waals surface area contributed by atoms with Gasteiger partial charge in [-0.1, -0.05) is 42.4 Å². The van der Waals surface area contributed by atoms with Crippen LogP contribution in [0.15, 0.2) is 58.5 Å². The second kappa shape index (κ2) is 7.56. The minimum Gasteiger partial charge on any atom is -0.472 e. The van der Waals surface area contributed by atoms with Crippen molar-refractivity contribution >= 4 is 11.6 Å². The Hall–Kier alpha value is -2.60. The van der Waals surface area contributed by atoms with Crippen LogP contribution in [-0.4, -0.2) is 41.8 Å². The number of carbonyl (C=O) groups excluding carboxylic acids is 1. The number of nitrogens with zero attached hydrogens (tertiary/aromatic N) is 2. The topological polar surface area (TPSA) is 67.1 Å². The van der Waals surface area contributed by atoms with Gasteiger partial charge in [-0.25, -0.2) is 0 Å². The van der Waals surface area contributed by atoms with E-state index in [9.17, 15) is 4.79 Å². The normalized spacial score (nSPS) is 23.2. The van der Waals surface area contributed by atoms with Crippen molar-refractivity contribution in [2.45, 2.75) is 37.8 Å². The third kappa shape index (κ3) is 4.06. The number of benzene rings is 1. The van der Waals surface area contributed by atoms with Crippen LogP contribution in [0.2, 0.25) is 0 Å². The number of amides is 1. The fourth-order valence-corrected chi connectivity index (χ4v) is 3.81.